The normalized spacial score (nSPS) is 11.2. The minimum Gasteiger partial charge on any atom is -0.444 e. The van der Waals surface area contributed by atoms with Crippen LogP contribution < -0.4 is 16.5 Å². The van der Waals surface area contributed by atoms with Gasteiger partial charge in [0.15, 0.2) is 5.13 Å². The monoisotopic (exact) mass is 320 g/mol. The van der Waals surface area contributed by atoms with Gasteiger partial charge in [0.05, 0.1) is 15.9 Å². The molecule has 7 nitrogen and oxygen atoms in total. The molecule has 0 saturated heterocycles. The number of amides is 1. The number of aromatic nitrogens is 1. The van der Waals surface area contributed by atoms with Crippen molar-refractivity contribution in [3.05, 3.63) is 27.9 Å². The number of anilines is 2. The molecule has 1 aromatic carbocycles. The maximum atomic E-state index is 11.8. The first-order chi connectivity index (χ1) is 10.2. The summed E-state index contributed by atoms with van der Waals surface area (Å²) in [6, 6.07) is 2.89. The summed E-state index contributed by atoms with van der Waals surface area (Å²) in [5.41, 5.74) is 5.32. The average molecular weight is 320 g/mol. The van der Waals surface area contributed by atoms with Gasteiger partial charge in [-0.1, -0.05) is 11.3 Å². The van der Waals surface area contributed by atoms with Crippen LogP contribution in [0.3, 0.4) is 0 Å². The summed E-state index contributed by atoms with van der Waals surface area (Å²) in [5.74, 6) is 0. The molecule has 0 spiro atoms. The second-order valence-corrected chi connectivity index (χ2v) is 6.56. The third kappa shape index (κ3) is 3.40. The summed E-state index contributed by atoms with van der Waals surface area (Å²) in [6.45, 7) is 5.28. The molecule has 1 heterocycles. The van der Waals surface area contributed by atoms with E-state index in [9.17, 15) is 9.59 Å². The number of nitrogens with two attached hydrogens (primary N) is 1. The number of ether oxygens (including phenoxy) is 1. The molecule has 8 heteroatoms. The van der Waals surface area contributed by atoms with Crippen LogP contribution in [0.4, 0.5) is 15.6 Å². The molecule has 1 aromatic heterocycles. The molecule has 0 bridgehead atoms. The van der Waals surface area contributed by atoms with E-state index in [-0.39, 0.29) is 16.7 Å². The number of fused-ring (bicyclic) bond motifs is 1. The number of thiazole rings is 1. The minimum atomic E-state index is -0.621. The van der Waals surface area contributed by atoms with E-state index in [0.29, 0.717) is 15.3 Å². The zero-order valence-electron chi connectivity index (χ0n) is 12.4. The van der Waals surface area contributed by atoms with Gasteiger partial charge < -0.3 is 15.9 Å². The lowest BCUT2D eigenvalue weighted by atomic mass is 10.2. The first kappa shape index (κ1) is 15.9. The number of carbonyl (C=O) groups is 1. The fraction of sp³-hybridized carbons (Fsp3) is 0.286. The van der Waals surface area contributed by atoms with Crippen molar-refractivity contribution < 1.29 is 9.53 Å². The topological polar surface area (TPSA) is 118 Å². The van der Waals surface area contributed by atoms with Gasteiger partial charge in [0, 0.05) is 11.8 Å². The van der Waals surface area contributed by atoms with Gasteiger partial charge in [-0.3, -0.25) is 10.1 Å². The zero-order chi connectivity index (χ0) is 16.5. The lowest BCUT2D eigenvalue weighted by Gasteiger charge is -2.18. The molecule has 2 rings (SSSR count). The first-order valence-electron chi connectivity index (χ1n) is 6.45. The maximum absolute atomic E-state index is 11.8. The SMILES string of the molecule is CC(C)(C)OC(=O)Nc1nc2c(C=N)c(N)c(=O)ccc2s1. The van der Waals surface area contributed by atoms with Gasteiger partial charge in [0.2, 0.25) is 5.43 Å². The van der Waals surface area contributed by atoms with E-state index in [1.165, 1.54) is 17.4 Å². The Kier molecular flexibility index (Phi) is 4.14. The van der Waals surface area contributed by atoms with Crippen LogP contribution in [-0.2, 0) is 4.74 Å². The number of hydrogen-bond acceptors (Lipinski definition) is 7. The van der Waals surface area contributed by atoms with Crippen molar-refractivity contribution >= 4 is 44.7 Å². The number of hydrogen-bond donors (Lipinski definition) is 3. The van der Waals surface area contributed by atoms with Gasteiger partial charge in [-0.25, -0.2) is 9.78 Å². The number of carbonyl (C=O) groups excluding carboxylic acids is 1. The van der Waals surface area contributed by atoms with E-state index in [1.54, 1.807) is 26.8 Å². The molecule has 4 N–H and O–H groups in total. The molecule has 0 aliphatic rings. The van der Waals surface area contributed by atoms with Crippen molar-refractivity contribution in [2.45, 2.75) is 26.4 Å². The fourth-order valence-electron chi connectivity index (χ4n) is 1.73. The van der Waals surface area contributed by atoms with E-state index in [0.717, 1.165) is 6.21 Å². The zero-order valence-corrected chi connectivity index (χ0v) is 13.2. The summed E-state index contributed by atoms with van der Waals surface area (Å²) in [7, 11) is 0. The number of nitrogens with zero attached hydrogens (tertiary/aromatic N) is 1. The smallest absolute Gasteiger partial charge is 0.413 e. The maximum Gasteiger partial charge on any atom is 0.413 e. The van der Waals surface area contributed by atoms with Gasteiger partial charge in [-0.05, 0) is 32.9 Å². The Bertz CT molecular complexity index is 808. The third-order valence-corrected chi connectivity index (χ3v) is 3.54. The molecule has 1 amide bonds. The lowest BCUT2D eigenvalue weighted by molar-refractivity contribution is 0.0636. The molecule has 22 heavy (non-hydrogen) atoms. The van der Waals surface area contributed by atoms with Gasteiger partial charge in [-0.15, -0.1) is 0 Å². The van der Waals surface area contributed by atoms with E-state index in [2.05, 4.69) is 10.3 Å². The Balaban J connectivity index is 2.44. The van der Waals surface area contributed by atoms with Crippen LogP contribution in [0.2, 0.25) is 0 Å². The molecule has 0 fully saturated rings. The number of nitrogen functional groups attached to an aromatic ring is 1. The number of rotatable bonds is 2. The second kappa shape index (κ2) is 5.72. The summed E-state index contributed by atoms with van der Waals surface area (Å²) in [6.07, 6.45) is 0.362. The molecule has 0 saturated carbocycles. The van der Waals surface area contributed by atoms with E-state index < -0.39 is 11.7 Å². The Morgan fingerprint density at radius 2 is 2.14 bits per heavy atom. The highest BCUT2D eigenvalue weighted by Crippen LogP contribution is 2.28. The quantitative estimate of drug-likeness (QED) is 0.735. The molecule has 0 aliphatic carbocycles. The van der Waals surface area contributed by atoms with Crippen molar-refractivity contribution in [2.24, 2.45) is 0 Å². The van der Waals surface area contributed by atoms with Crippen molar-refractivity contribution in [1.82, 2.24) is 4.98 Å². The molecule has 0 aliphatic heterocycles. The molecular formula is C14H16N4O3S. The summed E-state index contributed by atoms with van der Waals surface area (Å²) >= 11 is 1.17. The highest BCUT2D eigenvalue weighted by atomic mass is 32.1. The predicted molar refractivity (Wildman–Crippen MR) is 88.0 cm³/mol. The van der Waals surface area contributed by atoms with E-state index >= 15 is 0 Å². The Hall–Kier alpha value is -2.48. The van der Waals surface area contributed by atoms with E-state index in [4.69, 9.17) is 15.9 Å². The van der Waals surface area contributed by atoms with E-state index in [1.807, 2.05) is 0 Å². The highest BCUT2D eigenvalue weighted by Gasteiger charge is 2.18. The average Bonchev–Trinajstić information content (AvgIpc) is 2.72. The van der Waals surface area contributed by atoms with Crippen LogP contribution in [0.15, 0.2) is 16.9 Å². The van der Waals surface area contributed by atoms with Crippen LogP contribution >= 0.6 is 11.3 Å². The Morgan fingerprint density at radius 3 is 2.73 bits per heavy atom. The third-order valence-electron chi connectivity index (χ3n) is 2.60. The van der Waals surface area contributed by atoms with Crippen LogP contribution in [-0.4, -0.2) is 22.9 Å². The van der Waals surface area contributed by atoms with Crippen LogP contribution in [0.1, 0.15) is 26.3 Å². The molecule has 0 unspecified atom stereocenters. The van der Waals surface area contributed by atoms with Crippen LogP contribution in [0.25, 0.3) is 10.2 Å². The van der Waals surface area contributed by atoms with Crippen LogP contribution in [0.5, 0.6) is 0 Å². The summed E-state index contributed by atoms with van der Waals surface area (Å²) in [5, 5.41) is 10.3. The van der Waals surface area contributed by atoms with Crippen molar-refractivity contribution in [2.75, 3.05) is 11.1 Å². The standard InChI is InChI=1S/C14H16N4O3S/c1-14(2,3)21-13(20)18-12-17-11-7(6-15)10(16)8(19)4-5-9(11)22-12/h4-6,15H,1-3H3,(H2,16,19)(H,17,18,20). The lowest BCUT2D eigenvalue weighted by Crippen LogP contribution is -2.27. The van der Waals surface area contributed by atoms with Gasteiger partial charge in [-0.2, -0.15) is 0 Å². The van der Waals surface area contributed by atoms with Crippen molar-refractivity contribution in [1.29, 1.82) is 5.41 Å². The highest BCUT2D eigenvalue weighted by molar-refractivity contribution is 7.22. The summed E-state index contributed by atoms with van der Waals surface area (Å²) < 4.78 is 5.79. The van der Waals surface area contributed by atoms with Crippen molar-refractivity contribution in [3.63, 3.8) is 0 Å². The molecule has 116 valence electrons. The largest absolute Gasteiger partial charge is 0.444 e. The predicted octanol–water partition coefficient (Wildman–Crippen LogP) is 2.58. The van der Waals surface area contributed by atoms with Crippen LogP contribution in [0, 0.1) is 5.41 Å². The minimum absolute atomic E-state index is 0.0425. The fourth-order valence-corrected chi connectivity index (χ4v) is 2.60. The van der Waals surface area contributed by atoms with Gasteiger partial charge >= 0.3 is 6.09 Å². The first-order valence-corrected chi connectivity index (χ1v) is 7.27. The molecular weight excluding hydrogens is 304 g/mol. The molecule has 0 atom stereocenters. The summed E-state index contributed by atoms with van der Waals surface area (Å²) in [4.78, 5) is 27.7. The Labute approximate surface area is 130 Å². The van der Waals surface area contributed by atoms with Gasteiger partial charge in [0.1, 0.15) is 5.60 Å². The van der Waals surface area contributed by atoms with Crippen molar-refractivity contribution in [3.8, 4) is 0 Å². The second-order valence-electron chi connectivity index (χ2n) is 5.53. The number of nitrogens with one attached hydrogen (secondary N) is 2. The Morgan fingerprint density at radius 1 is 1.45 bits per heavy atom. The molecule has 0 radical (unpaired) electrons. The van der Waals surface area contributed by atoms with Gasteiger partial charge in [0.25, 0.3) is 0 Å². The molecule has 2 aromatic rings.